The molecule has 1 atom stereocenters. The minimum Gasteiger partial charge on any atom is -0.471 e. The lowest BCUT2D eigenvalue weighted by Gasteiger charge is -2.10. The Labute approximate surface area is 86.1 Å². The number of rotatable bonds is 2. The van der Waals surface area contributed by atoms with Crippen molar-refractivity contribution in [2.75, 3.05) is 13.1 Å². The molecule has 1 unspecified atom stereocenters. The van der Waals surface area contributed by atoms with Crippen LogP contribution in [0.3, 0.4) is 0 Å². The summed E-state index contributed by atoms with van der Waals surface area (Å²) in [5.74, 6) is 0.589. The minimum absolute atomic E-state index is 0.200. The second kappa shape index (κ2) is 3.47. The molecule has 3 rings (SSSR count). The summed E-state index contributed by atoms with van der Waals surface area (Å²) in [4.78, 5) is 15.2. The molecule has 6 heteroatoms. The standard InChI is InChI=1S/C9H11N5O/c1-2-10-3-6(1)15-9-7-8(12-4-11-7)13-5-14-9/h4-6,10H,1-3H2,(H,11,12,13,14). The molecule has 1 aliphatic heterocycles. The van der Waals surface area contributed by atoms with Gasteiger partial charge in [-0.2, -0.15) is 4.98 Å². The van der Waals surface area contributed by atoms with Crippen LogP contribution in [0.4, 0.5) is 0 Å². The molecule has 0 bridgehead atoms. The molecule has 3 heterocycles. The molecule has 0 spiro atoms. The van der Waals surface area contributed by atoms with Crippen molar-refractivity contribution < 1.29 is 4.74 Å². The molecule has 0 aliphatic carbocycles. The Hall–Kier alpha value is -1.69. The zero-order valence-electron chi connectivity index (χ0n) is 8.10. The average molecular weight is 205 g/mol. The maximum absolute atomic E-state index is 5.76. The van der Waals surface area contributed by atoms with Gasteiger partial charge in [-0.25, -0.2) is 9.97 Å². The number of aromatic nitrogens is 4. The first-order chi connectivity index (χ1) is 7.43. The highest BCUT2D eigenvalue weighted by Gasteiger charge is 2.18. The summed E-state index contributed by atoms with van der Waals surface area (Å²) in [7, 11) is 0. The Morgan fingerprint density at radius 3 is 3.20 bits per heavy atom. The van der Waals surface area contributed by atoms with Crippen molar-refractivity contribution in [1.29, 1.82) is 0 Å². The number of nitrogens with zero attached hydrogens (tertiary/aromatic N) is 3. The first-order valence-electron chi connectivity index (χ1n) is 4.95. The summed E-state index contributed by atoms with van der Waals surface area (Å²) in [6.07, 6.45) is 4.28. The second-order valence-corrected chi connectivity index (χ2v) is 3.51. The Morgan fingerprint density at radius 1 is 1.33 bits per heavy atom. The Bertz CT molecular complexity index is 462. The number of imidazole rings is 1. The zero-order valence-corrected chi connectivity index (χ0v) is 8.10. The number of fused-ring (bicyclic) bond motifs is 1. The van der Waals surface area contributed by atoms with Gasteiger partial charge >= 0.3 is 0 Å². The van der Waals surface area contributed by atoms with E-state index in [1.54, 1.807) is 6.33 Å². The largest absolute Gasteiger partial charge is 0.471 e. The van der Waals surface area contributed by atoms with E-state index in [0.29, 0.717) is 11.5 Å². The van der Waals surface area contributed by atoms with Crippen molar-refractivity contribution in [1.82, 2.24) is 25.3 Å². The number of hydrogen-bond donors (Lipinski definition) is 2. The predicted octanol–water partition coefficient (Wildman–Crippen LogP) is 0.0936. The van der Waals surface area contributed by atoms with E-state index in [4.69, 9.17) is 4.74 Å². The molecule has 78 valence electrons. The molecular weight excluding hydrogens is 194 g/mol. The summed E-state index contributed by atoms with van der Waals surface area (Å²) in [5, 5.41) is 3.24. The van der Waals surface area contributed by atoms with Gasteiger partial charge in [0.2, 0.25) is 5.88 Å². The Kier molecular flexibility index (Phi) is 1.99. The van der Waals surface area contributed by atoms with Gasteiger partial charge in [-0.1, -0.05) is 0 Å². The van der Waals surface area contributed by atoms with Crippen molar-refractivity contribution in [2.45, 2.75) is 12.5 Å². The summed E-state index contributed by atoms with van der Waals surface area (Å²) in [6, 6.07) is 0. The minimum atomic E-state index is 0.200. The highest BCUT2D eigenvalue weighted by atomic mass is 16.5. The first-order valence-corrected chi connectivity index (χ1v) is 4.95. The molecule has 1 aliphatic rings. The van der Waals surface area contributed by atoms with E-state index in [-0.39, 0.29) is 6.10 Å². The van der Waals surface area contributed by atoms with Crippen LogP contribution in [0.15, 0.2) is 12.7 Å². The van der Waals surface area contributed by atoms with Crippen LogP contribution in [0.1, 0.15) is 6.42 Å². The fourth-order valence-corrected chi connectivity index (χ4v) is 1.72. The summed E-state index contributed by atoms with van der Waals surface area (Å²) in [5.41, 5.74) is 1.41. The van der Waals surface area contributed by atoms with Gasteiger partial charge in [0.15, 0.2) is 5.65 Å². The van der Waals surface area contributed by atoms with Crippen LogP contribution in [0, 0.1) is 0 Å². The summed E-state index contributed by atoms with van der Waals surface area (Å²) >= 11 is 0. The molecule has 2 aromatic heterocycles. The fourth-order valence-electron chi connectivity index (χ4n) is 1.72. The summed E-state index contributed by atoms with van der Waals surface area (Å²) in [6.45, 7) is 1.88. The molecule has 0 saturated carbocycles. The van der Waals surface area contributed by atoms with E-state index in [1.165, 1.54) is 6.33 Å². The third-order valence-corrected chi connectivity index (χ3v) is 2.48. The van der Waals surface area contributed by atoms with Gasteiger partial charge in [-0.15, -0.1) is 0 Å². The van der Waals surface area contributed by atoms with Gasteiger partial charge in [0, 0.05) is 6.54 Å². The number of hydrogen-bond acceptors (Lipinski definition) is 5. The molecule has 0 radical (unpaired) electrons. The lowest BCUT2D eigenvalue weighted by atomic mass is 10.3. The molecule has 0 aromatic carbocycles. The smallest absolute Gasteiger partial charge is 0.243 e. The second-order valence-electron chi connectivity index (χ2n) is 3.51. The Balaban J connectivity index is 1.92. The van der Waals surface area contributed by atoms with Gasteiger partial charge < -0.3 is 15.0 Å². The first kappa shape index (κ1) is 8.60. The van der Waals surface area contributed by atoms with Crippen molar-refractivity contribution in [3.63, 3.8) is 0 Å². The maximum Gasteiger partial charge on any atom is 0.243 e. The topological polar surface area (TPSA) is 75.7 Å². The van der Waals surface area contributed by atoms with Gasteiger partial charge in [0.1, 0.15) is 17.9 Å². The number of H-pyrrole nitrogens is 1. The molecule has 2 aromatic rings. The highest BCUT2D eigenvalue weighted by molar-refractivity contribution is 5.74. The average Bonchev–Trinajstić information content (AvgIpc) is 2.87. The van der Waals surface area contributed by atoms with E-state index in [0.717, 1.165) is 25.0 Å². The molecule has 6 nitrogen and oxygen atoms in total. The molecule has 15 heavy (non-hydrogen) atoms. The Morgan fingerprint density at radius 2 is 2.33 bits per heavy atom. The number of aromatic amines is 1. The highest BCUT2D eigenvalue weighted by Crippen LogP contribution is 2.19. The fraction of sp³-hybridized carbons (Fsp3) is 0.444. The normalized spacial score (nSPS) is 20.9. The van der Waals surface area contributed by atoms with E-state index < -0.39 is 0 Å². The molecule has 2 N–H and O–H groups in total. The van der Waals surface area contributed by atoms with Crippen molar-refractivity contribution in [3.8, 4) is 5.88 Å². The quantitative estimate of drug-likeness (QED) is 0.727. The van der Waals surface area contributed by atoms with E-state index >= 15 is 0 Å². The molecule has 1 saturated heterocycles. The SMILES string of the molecule is c1nc(OC2CCNC2)c2[nH]cnc2n1. The van der Waals surface area contributed by atoms with E-state index in [9.17, 15) is 0 Å². The lowest BCUT2D eigenvalue weighted by molar-refractivity contribution is 0.216. The van der Waals surface area contributed by atoms with Gasteiger partial charge in [-0.3, -0.25) is 0 Å². The number of ether oxygens (including phenoxy) is 1. The van der Waals surface area contributed by atoms with Crippen LogP contribution in [0.25, 0.3) is 11.2 Å². The van der Waals surface area contributed by atoms with Crippen LogP contribution in [-0.2, 0) is 0 Å². The van der Waals surface area contributed by atoms with Gasteiger partial charge in [0.05, 0.1) is 6.33 Å². The maximum atomic E-state index is 5.76. The van der Waals surface area contributed by atoms with E-state index in [1.807, 2.05) is 0 Å². The molecule has 1 fully saturated rings. The van der Waals surface area contributed by atoms with Crippen molar-refractivity contribution in [3.05, 3.63) is 12.7 Å². The van der Waals surface area contributed by atoms with Crippen LogP contribution in [-0.4, -0.2) is 39.1 Å². The van der Waals surface area contributed by atoms with Crippen LogP contribution in [0.2, 0.25) is 0 Å². The monoisotopic (exact) mass is 205 g/mol. The van der Waals surface area contributed by atoms with Gasteiger partial charge in [0.25, 0.3) is 0 Å². The molecule has 0 amide bonds. The van der Waals surface area contributed by atoms with Gasteiger partial charge in [-0.05, 0) is 13.0 Å². The van der Waals surface area contributed by atoms with Crippen LogP contribution in [0.5, 0.6) is 5.88 Å². The van der Waals surface area contributed by atoms with Crippen LogP contribution < -0.4 is 10.1 Å². The third-order valence-electron chi connectivity index (χ3n) is 2.48. The zero-order chi connectivity index (χ0) is 10.1. The number of nitrogens with one attached hydrogen (secondary N) is 2. The van der Waals surface area contributed by atoms with E-state index in [2.05, 4.69) is 25.3 Å². The van der Waals surface area contributed by atoms with Crippen LogP contribution >= 0.6 is 0 Å². The predicted molar refractivity (Wildman–Crippen MR) is 53.6 cm³/mol. The van der Waals surface area contributed by atoms with Crippen molar-refractivity contribution in [2.24, 2.45) is 0 Å². The summed E-state index contributed by atoms with van der Waals surface area (Å²) < 4.78 is 5.76. The lowest BCUT2D eigenvalue weighted by Crippen LogP contribution is -2.20. The molecular formula is C9H11N5O. The van der Waals surface area contributed by atoms with Crippen molar-refractivity contribution >= 4 is 11.2 Å². The third kappa shape index (κ3) is 1.52.